The van der Waals surface area contributed by atoms with Crippen molar-refractivity contribution in [3.05, 3.63) is 82.7 Å². The van der Waals surface area contributed by atoms with E-state index in [2.05, 4.69) is 26.7 Å². The number of hydrogen-bond acceptors (Lipinski definition) is 6. The molecular formula is C22H22N4O3. The highest BCUT2D eigenvalue weighted by molar-refractivity contribution is 6.03. The second-order valence-electron chi connectivity index (χ2n) is 6.59. The van der Waals surface area contributed by atoms with Crippen LogP contribution in [0.15, 0.2) is 54.6 Å². The molecule has 0 fully saturated rings. The third kappa shape index (κ3) is 5.38. The van der Waals surface area contributed by atoms with Gasteiger partial charge in [0.05, 0.1) is 12.7 Å². The van der Waals surface area contributed by atoms with Gasteiger partial charge in [-0.2, -0.15) is 0 Å². The molecule has 7 nitrogen and oxygen atoms in total. The second-order valence-corrected chi connectivity index (χ2v) is 6.59. The zero-order valence-electron chi connectivity index (χ0n) is 16.5. The van der Waals surface area contributed by atoms with Crippen molar-refractivity contribution in [2.24, 2.45) is 0 Å². The van der Waals surface area contributed by atoms with Crippen molar-refractivity contribution in [3.8, 4) is 0 Å². The summed E-state index contributed by atoms with van der Waals surface area (Å²) in [6.45, 7) is 4.38. The van der Waals surface area contributed by atoms with Gasteiger partial charge in [0.2, 0.25) is 5.95 Å². The summed E-state index contributed by atoms with van der Waals surface area (Å²) < 4.78 is 4.70. The van der Waals surface area contributed by atoms with Gasteiger partial charge >= 0.3 is 5.97 Å². The second kappa shape index (κ2) is 8.97. The maximum absolute atomic E-state index is 12.6. The average molecular weight is 390 g/mol. The molecule has 0 atom stereocenters. The van der Waals surface area contributed by atoms with Crippen LogP contribution in [0.2, 0.25) is 0 Å². The van der Waals surface area contributed by atoms with E-state index < -0.39 is 11.9 Å². The smallest absolute Gasteiger partial charge is 0.337 e. The Hall–Kier alpha value is -3.74. The number of carbonyl (C=O) groups excluding carboxylic acids is 2. The van der Waals surface area contributed by atoms with E-state index in [4.69, 9.17) is 4.74 Å². The van der Waals surface area contributed by atoms with Crippen LogP contribution in [-0.4, -0.2) is 29.0 Å². The van der Waals surface area contributed by atoms with Gasteiger partial charge in [-0.3, -0.25) is 4.79 Å². The Morgan fingerprint density at radius 3 is 2.55 bits per heavy atom. The molecule has 2 N–H and O–H groups in total. The lowest BCUT2D eigenvalue weighted by Gasteiger charge is -2.10. The monoisotopic (exact) mass is 390 g/mol. The van der Waals surface area contributed by atoms with Crippen LogP contribution in [0.5, 0.6) is 0 Å². The van der Waals surface area contributed by atoms with E-state index in [1.807, 2.05) is 25.1 Å². The number of ether oxygens (including phenoxy) is 1. The minimum absolute atomic E-state index is 0.229. The molecular weight excluding hydrogens is 368 g/mol. The van der Waals surface area contributed by atoms with E-state index in [-0.39, 0.29) is 5.69 Å². The lowest BCUT2D eigenvalue weighted by molar-refractivity contribution is 0.0600. The van der Waals surface area contributed by atoms with Crippen molar-refractivity contribution < 1.29 is 14.3 Å². The van der Waals surface area contributed by atoms with E-state index in [0.29, 0.717) is 29.4 Å². The molecule has 0 bridgehead atoms. The summed E-state index contributed by atoms with van der Waals surface area (Å²) in [7, 11) is 1.31. The molecule has 0 saturated carbocycles. The molecule has 1 heterocycles. The summed E-state index contributed by atoms with van der Waals surface area (Å²) in [6, 6.07) is 16.2. The number of aryl methyl sites for hydroxylation is 2. The third-order valence-electron chi connectivity index (χ3n) is 4.16. The van der Waals surface area contributed by atoms with Gasteiger partial charge in [0, 0.05) is 17.9 Å². The van der Waals surface area contributed by atoms with Gasteiger partial charge in [0.1, 0.15) is 5.69 Å². The fourth-order valence-electron chi connectivity index (χ4n) is 2.80. The number of benzene rings is 2. The molecule has 3 rings (SSSR count). The quantitative estimate of drug-likeness (QED) is 0.623. The maximum Gasteiger partial charge on any atom is 0.337 e. The first kappa shape index (κ1) is 20.0. The van der Waals surface area contributed by atoms with Gasteiger partial charge in [0.25, 0.3) is 5.91 Å². The summed E-state index contributed by atoms with van der Waals surface area (Å²) in [6.07, 6.45) is 0. The molecule has 7 heteroatoms. The summed E-state index contributed by atoms with van der Waals surface area (Å²) in [5.41, 5.74) is 3.99. The van der Waals surface area contributed by atoms with Gasteiger partial charge in [-0.25, -0.2) is 14.8 Å². The van der Waals surface area contributed by atoms with E-state index >= 15 is 0 Å². The van der Waals surface area contributed by atoms with Crippen LogP contribution in [0.1, 0.15) is 37.7 Å². The van der Waals surface area contributed by atoms with Crippen molar-refractivity contribution >= 4 is 23.5 Å². The standard InChI is InChI=1S/C22H22N4O3/c1-14-6-4-7-16(10-14)13-23-22-24-15(2)11-19(26-22)20(27)25-18-9-5-8-17(12-18)21(28)29-3/h4-12H,13H2,1-3H3,(H,25,27)(H,23,24,26). The molecule has 3 aromatic rings. The number of hydrogen-bond donors (Lipinski definition) is 2. The average Bonchev–Trinajstić information content (AvgIpc) is 2.71. The zero-order chi connectivity index (χ0) is 20.8. The molecule has 0 saturated heterocycles. The molecule has 1 aromatic heterocycles. The molecule has 1 amide bonds. The highest BCUT2D eigenvalue weighted by Crippen LogP contribution is 2.14. The number of nitrogens with one attached hydrogen (secondary N) is 2. The van der Waals surface area contributed by atoms with Crippen LogP contribution in [0.4, 0.5) is 11.6 Å². The fourth-order valence-corrected chi connectivity index (χ4v) is 2.80. The minimum Gasteiger partial charge on any atom is -0.465 e. The Morgan fingerprint density at radius 1 is 1.00 bits per heavy atom. The molecule has 0 aliphatic rings. The Kier molecular flexibility index (Phi) is 6.19. The number of aromatic nitrogens is 2. The van der Waals surface area contributed by atoms with E-state index in [1.54, 1.807) is 37.3 Å². The first-order valence-corrected chi connectivity index (χ1v) is 9.09. The Morgan fingerprint density at radius 2 is 1.79 bits per heavy atom. The number of rotatable bonds is 6. The van der Waals surface area contributed by atoms with Crippen LogP contribution < -0.4 is 10.6 Å². The topological polar surface area (TPSA) is 93.2 Å². The van der Waals surface area contributed by atoms with Crippen LogP contribution in [0.25, 0.3) is 0 Å². The highest BCUT2D eigenvalue weighted by Gasteiger charge is 2.13. The number of methoxy groups -OCH3 is 1. The third-order valence-corrected chi connectivity index (χ3v) is 4.16. The Labute approximate surface area is 169 Å². The molecule has 0 unspecified atom stereocenters. The van der Waals surface area contributed by atoms with E-state index in [1.165, 1.54) is 12.7 Å². The minimum atomic E-state index is -0.471. The zero-order valence-corrected chi connectivity index (χ0v) is 16.5. The lowest BCUT2D eigenvalue weighted by atomic mass is 10.1. The predicted molar refractivity (Wildman–Crippen MR) is 111 cm³/mol. The first-order chi connectivity index (χ1) is 13.9. The van der Waals surface area contributed by atoms with Gasteiger partial charge in [-0.05, 0) is 43.7 Å². The number of esters is 1. The van der Waals surface area contributed by atoms with Gasteiger partial charge in [-0.1, -0.05) is 35.9 Å². The van der Waals surface area contributed by atoms with E-state index in [9.17, 15) is 9.59 Å². The Bertz CT molecular complexity index is 1050. The van der Waals surface area contributed by atoms with Crippen molar-refractivity contribution in [3.63, 3.8) is 0 Å². The van der Waals surface area contributed by atoms with Crippen LogP contribution >= 0.6 is 0 Å². The normalized spacial score (nSPS) is 10.3. The molecule has 148 valence electrons. The van der Waals surface area contributed by atoms with Gasteiger partial charge in [0.15, 0.2) is 0 Å². The summed E-state index contributed by atoms with van der Waals surface area (Å²) in [4.78, 5) is 33.0. The van der Waals surface area contributed by atoms with Crippen LogP contribution in [0.3, 0.4) is 0 Å². The van der Waals surface area contributed by atoms with Crippen LogP contribution in [0, 0.1) is 13.8 Å². The van der Waals surface area contributed by atoms with Crippen LogP contribution in [-0.2, 0) is 11.3 Å². The Balaban J connectivity index is 1.73. The summed E-state index contributed by atoms with van der Waals surface area (Å²) in [5.74, 6) is -0.488. The lowest BCUT2D eigenvalue weighted by Crippen LogP contribution is -2.16. The maximum atomic E-state index is 12.6. The van der Waals surface area contributed by atoms with E-state index in [0.717, 1.165) is 5.56 Å². The molecule has 29 heavy (non-hydrogen) atoms. The molecule has 0 radical (unpaired) electrons. The fraction of sp³-hybridized carbons (Fsp3) is 0.182. The number of carbonyl (C=O) groups is 2. The van der Waals surface area contributed by atoms with Gasteiger partial charge < -0.3 is 15.4 Å². The number of nitrogens with zero attached hydrogens (tertiary/aromatic N) is 2. The predicted octanol–water partition coefficient (Wildman–Crippen LogP) is 3.74. The van der Waals surface area contributed by atoms with Crippen molar-refractivity contribution in [2.45, 2.75) is 20.4 Å². The largest absolute Gasteiger partial charge is 0.465 e. The molecule has 2 aromatic carbocycles. The molecule has 0 aliphatic heterocycles. The van der Waals surface area contributed by atoms with Gasteiger partial charge in [-0.15, -0.1) is 0 Å². The number of anilines is 2. The molecule has 0 spiro atoms. The summed E-state index contributed by atoms with van der Waals surface area (Å²) >= 11 is 0. The first-order valence-electron chi connectivity index (χ1n) is 9.09. The van der Waals surface area contributed by atoms with Crippen molar-refractivity contribution in [1.82, 2.24) is 9.97 Å². The SMILES string of the molecule is COC(=O)c1cccc(NC(=O)c2cc(C)nc(NCc3cccc(C)c3)n2)c1. The number of amides is 1. The van der Waals surface area contributed by atoms with Crippen molar-refractivity contribution in [2.75, 3.05) is 17.7 Å². The summed E-state index contributed by atoms with van der Waals surface area (Å²) in [5, 5.41) is 5.90. The van der Waals surface area contributed by atoms with Crippen molar-refractivity contribution in [1.29, 1.82) is 0 Å². The highest BCUT2D eigenvalue weighted by atomic mass is 16.5. The molecule has 0 aliphatic carbocycles.